The molecule has 0 aliphatic rings. The first-order valence-corrected chi connectivity index (χ1v) is 9.28. The number of hydrogen-bond donors (Lipinski definition) is 1. The van der Waals surface area contributed by atoms with Gasteiger partial charge in [-0.3, -0.25) is 0 Å². The zero-order valence-corrected chi connectivity index (χ0v) is 13.7. The third-order valence-electron chi connectivity index (χ3n) is 4.25. The highest BCUT2D eigenvalue weighted by Crippen LogP contribution is 2.39. The topological polar surface area (TPSA) is 29.5 Å². The van der Waals surface area contributed by atoms with Crippen molar-refractivity contribution in [3.63, 3.8) is 0 Å². The van der Waals surface area contributed by atoms with Gasteiger partial charge in [-0.05, 0) is 31.5 Å². The minimum absolute atomic E-state index is 0.107. The molecule has 0 radical (unpaired) electrons. The van der Waals surface area contributed by atoms with Crippen LogP contribution in [-0.4, -0.2) is 26.6 Å². The van der Waals surface area contributed by atoms with E-state index in [1.807, 2.05) is 6.92 Å². The average Bonchev–Trinajstić information content (AvgIpc) is 2.13. The highest BCUT2D eigenvalue weighted by molar-refractivity contribution is 6.74. The standard InChI is InChI=1S/C14H30O2Si/c1-12(2)14(6,9-10-15)11-16-17(7,8)13(3,4)5/h15H,1,9-11H2,2-8H3. The lowest BCUT2D eigenvalue weighted by atomic mass is 9.82. The van der Waals surface area contributed by atoms with Crippen LogP contribution < -0.4 is 0 Å². The fraction of sp³-hybridized carbons (Fsp3) is 0.857. The van der Waals surface area contributed by atoms with Crippen LogP contribution in [0.3, 0.4) is 0 Å². The van der Waals surface area contributed by atoms with Gasteiger partial charge >= 0.3 is 0 Å². The van der Waals surface area contributed by atoms with Gasteiger partial charge in [-0.2, -0.15) is 0 Å². The van der Waals surface area contributed by atoms with Crippen molar-refractivity contribution < 1.29 is 9.53 Å². The van der Waals surface area contributed by atoms with Crippen molar-refractivity contribution in [2.24, 2.45) is 5.41 Å². The predicted octanol–water partition coefficient (Wildman–Crippen LogP) is 3.97. The maximum atomic E-state index is 9.15. The zero-order valence-electron chi connectivity index (χ0n) is 12.7. The SMILES string of the molecule is C=C(C)C(C)(CCO)CO[Si](C)(C)C(C)(C)C. The first-order valence-electron chi connectivity index (χ1n) is 6.37. The molecule has 0 heterocycles. The van der Waals surface area contributed by atoms with Gasteiger partial charge in [-0.15, -0.1) is 0 Å². The van der Waals surface area contributed by atoms with Crippen LogP contribution in [0.2, 0.25) is 18.1 Å². The molecule has 0 saturated carbocycles. The fourth-order valence-electron chi connectivity index (χ4n) is 1.21. The number of hydrogen-bond acceptors (Lipinski definition) is 2. The summed E-state index contributed by atoms with van der Waals surface area (Å²) in [5.74, 6) is 0. The summed E-state index contributed by atoms with van der Waals surface area (Å²) in [6.45, 7) is 20.3. The molecule has 1 unspecified atom stereocenters. The lowest BCUT2D eigenvalue weighted by Gasteiger charge is -2.40. The normalized spacial score (nSPS) is 16.7. The third-order valence-corrected chi connectivity index (χ3v) is 8.73. The molecule has 0 aromatic heterocycles. The molecule has 102 valence electrons. The Hall–Kier alpha value is -0.123. The van der Waals surface area contributed by atoms with Crippen LogP contribution in [-0.2, 0) is 4.43 Å². The van der Waals surface area contributed by atoms with Crippen molar-refractivity contribution in [2.45, 2.75) is 59.2 Å². The van der Waals surface area contributed by atoms with E-state index < -0.39 is 8.32 Å². The molecule has 17 heavy (non-hydrogen) atoms. The second kappa shape index (κ2) is 5.68. The molecule has 1 atom stereocenters. The van der Waals surface area contributed by atoms with Gasteiger partial charge in [0, 0.05) is 18.6 Å². The summed E-state index contributed by atoms with van der Waals surface area (Å²) < 4.78 is 6.24. The van der Waals surface area contributed by atoms with Gasteiger partial charge in [0.05, 0.1) is 0 Å². The Labute approximate surface area is 108 Å². The molecular weight excluding hydrogens is 228 g/mol. The van der Waals surface area contributed by atoms with Crippen molar-refractivity contribution in [3.8, 4) is 0 Å². The lowest BCUT2D eigenvalue weighted by molar-refractivity contribution is 0.140. The largest absolute Gasteiger partial charge is 0.416 e. The molecule has 0 aliphatic carbocycles. The van der Waals surface area contributed by atoms with Gasteiger partial charge in [0.2, 0.25) is 0 Å². The van der Waals surface area contributed by atoms with Crippen LogP contribution in [0.5, 0.6) is 0 Å². The maximum absolute atomic E-state index is 9.15. The third kappa shape index (κ3) is 4.57. The van der Waals surface area contributed by atoms with Crippen molar-refractivity contribution >= 4 is 8.32 Å². The van der Waals surface area contributed by atoms with Gasteiger partial charge in [-0.25, -0.2) is 0 Å². The summed E-state index contributed by atoms with van der Waals surface area (Å²) in [7, 11) is -1.71. The zero-order chi connectivity index (χ0) is 13.9. The highest BCUT2D eigenvalue weighted by Gasteiger charge is 2.39. The lowest BCUT2D eigenvalue weighted by Crippen LogP contribution is -2.43. The van der Waals surface area contributed by atoms with Crippen LogP contribution in [0.1, 0.15) is 41.0 Å². The van der Waals surface area contributed by atoms with Crippen LogP contribution in [0, 0.1) is 5.41 Å². The van der Waals surface area contributed by atoms with Gasteiger partial charge in [0.1, 0.15) is 0 Å². The van der Waals surface area contributed by atoms with Crippen LogP contribution >= 0.6 is 0 Å². The molecule has 0 bridgehead atoms. The highest BCUT2D eigenvalue weighted by atomic mass is 28.4. The summed E-state index contributed by atoms with van der Waals surface area (Å²) >= 11 is 0. The molecule has 0 amide bonds. The Balaban J connectivity index is 4.68. The van der Waals surface area contributed by atoms with Crippen LogP contribution in [0.4, 0.5) is 0 Å². The Bertz CT molecular complexity index is 266. The van der Waals surface area contributed by atoms with E-state index in [0.29, 0.717) is 6.61 Å². The molecule has 0 aromatic rings. The Kier molecular flexibility index (Phi) is 5.64. The van der Waals surface area contributed by atoms with E-state index in [0.717, 1.165) is 12.0 Å². The summed E-state index contributed by atoms with van der Waals surface area (Å²) in [4.78, 5) is 0. The van der Waals surface area contributed by atoms with E-state index in [1.54, 1.807) is 0 Å². The van der Waals surface area contributed by atoms with E-state index in [4.69, 9.17) is 9.53 Å². The second-order valence-corrected chi connectivity index (χ2v) is 11.7. The molecule has 0 aliphatic heterocycles. The summed E-state index contributed by atoms with van der Waals surface area (Å²) in [5.41, 5.74) is 0.981. The van der Waals surface area contributed by atoms with Crippen LogP contribution in [0.15, 0.2) is 12.2 Å². The van der Waals surface area contributed by atoms with Crippen molar-refractivity contribution in [3.05, 3.63) is 12.2 Å². The molecule has 0 rings (SSSR count). The molecule has 0 aromatic carbocycles. The van der Waals surface area contributed by atoms with Crippen molar-refractivity contribution in [2.75, 3.05) is 13.2 Å². The molecule has 1 N–H and O–H groups in total. The smallest absolute Gasteiger partial charge is 0.192 e. The Morgan fingerprint density at radius 1 is 1.24 bits per heavy atom. The van der Waals surface area contributed by atoms with Crippen LogP contribution in [0.25, 0.3) is 0 Å². The first-order chi connectivity index (χ1) is 7.46. The number of rotatable bonds is 6. The summed E-state index contributed by atoms with van der Waals surface area (Å²) in [6.07, 6.45) is 0.719. The number of aliphatic hydroxyl groups excluding tert-OH is 1. The van der Waals surface area contributed by atoms with Crippen molar-refractivity contribution in [1.29, 1.82) is 0 Å². The van der Waals surface area contributed by atoms with E-state index in [9.17, 15) is 0 Å². The summed E-state index contributed by atoms with van der Waals surface area (Å²) in [5, 5.41) is 9.38. The maximum Gasteiger partial charge on any atom is 0.192 e. The monoisotopic (exact) mass is 258 g/mol. The quantitative estimate of drug-likeness (QED) is 0.577. The van der Waals surface area contributed by atoms with Gasteiger partial charge in [-0.1, -0.05) is 39.8 Å². The van der Waals surface area contributed by atoms with E-state index in [2.05, 4.69) is 47.4 Å². The molecular formula is C14H30O2Si. The summed E-state index contributed by atoms with van der Waals surface area (Å²) in [6, 6.07) is 0. The number of aliphatic hydroxyl groups is 1. The Morgan fingerprint density at radius 3 is 2.00 bits per heavy atom. The van der Waals surface area contributed by atoms with Crippen molar-refractivity contribution in [1.82, 2.24) is 0 Å². The predicted molar refractivity (Wildman–Crippen MR) is 77.8 cm³/mol. The fourth-order valence-corrected chi connectivity index (χ4v) is 2.32. The molecule has 0 fully saturated rings. The van der Waals surface area contributed by atoms with Gasteiger partial charge in [0.15, 0.2) is 8.32 Å². The van der Waals surface area contributed by atoms with E-state index in [-0.39, 0.29) is 17.1 Å². The first kappa shape index (κ1) is 16.9. The van der Waals surface area contributed by atoms with Gasteiger partial charge < -0.3 is 9.53 Å². The minimum atomic E-state index is -1.71. The average molecular weight is 258 g/mol. The molecule has 0 saturated heterocycles. The second-order valence-electron chi connectivity index (χ2n) is 6.86. The minimum Gasteiger partial charge on any atom is -0.416 e. The molecule has 0 spiro atoms. The van der Waals surface area contributed by atoms with Gasteiger partial charge in [0.25, 0.3) is 0 Å². The molecule has 2 nitrogen and oxygen atoms in total. The Morgan fingerprint density at radius 2 is 1.71 bits per heavy atom. The van der Waals surface area contributed by atoms with E-state index in [1.165, 1.54) is 0 Å². The molecule has 3 heteroatoms. The van der Waals surface area contributed by atoms with E-state index >= 15 is 0 Å².